The van der Waals surface area contributed by atoms with E-state index in [9.17, 15) is 14.7 Å². The van der Waals surface area contributed by atoms with Gasteiger partial charge in [0.15, 0.2) is 0 Å². The molecule has 2 aromatic rings. The van der Waals surface area contributed by atoms with E-state index in [2.05, 4.69) is 5.10 Å². The van der Waals surface area contributed by atoms with Gasteiger partial charge in [-0.2, -0.15) is 5.10 Å². The summed E-state index contributed by atoms with van der Waals surface area (Å²) in [4.78, 5) is 25.9. The van der Waals surface area contributed by atoms with Gasteiger partial charge in [0.2, 0.25) is 0 Å². The van der Waals surface area contributed by atoms with Gasteiger partial charge in [-0.05, 0) is 33.3 Å². The van der Waals surface area contributed by atoms with E-state index in [1.54, 1.807) is 4.68 Å². The molecule has 0 spiro atoms. The number of hydrogen-bond acceptors (Lipinski definition) is 3. The van der Waals surface area contributed by atoms with E-state index in [1.807, 2.05) is 58.0 Å². The maximum atomic E-state index is 12.9. The zero-order valence-corrected chi connectivity index (χ0v) is 15.4. The van der Waals surface area contributed by atoms with Gasteiger partial charge in [-0.3, -0.25) is 9.48 Å². The Kier molecular flexibility index (Phi) is 5.30. The SMILES string of the molecule is Cc1c(C(=O)N(C)C(Cc2ccccc2)C(=O)O)cnn1C(C)(C)C. The molecule has 1 N–H and O–H groups in total. The first-order chi connectivity index (χ1) is 11.6. The van der Waals surface area contributed by atoms with Crippen molar-refractivity contribution >= 4 is 11.9 Å². The number of amides is 1. The summed E-state index contributed by atoms with van der Waals surface area (Å²) in [5.74, 6) is -1.36. The Labute approximate surface area is 148 Å². The number of hydrogen-bond donors (Lipinski definition) is 1. The Balaban J connectivity index is 2.27. The molecule has 0 bridgehead atoms. The lowest BCUT2D eigenvalue weighted by molar-refractivity contribution is -0.141. The Morgan fingerprint density at radius 3 is 2.32 bits per heavy atom. The second-order valence-electron chi connectivity index (χ2n) is 7.19. The second kappa shape index (κ2) is 7.09. The predicted molar refractivity (Wildman–Crippen MR) is 95.6 cm³/mol. The van der Waals surface area contributed by atoms with Crippen LogP contribution in [0.25, 0.3) is 0 Å². The van der Waals surface area contributed by atoms with Crippen molar-refractivity contribution in [1.82, 2.24) is 14.7 Å². The van der Waals surface area contributed by atoms with Crippen LogP contribution in [0, 0.1) is 6.92 Å². The molecule has 0 aliphatic rings. The van der Waals surface area contributed by atoms with Crippen molar-refractivity contribution in [3.05, 3.63) is 53.3 Å². The van der Waals surface area contributed by atoms with Crippen molar-refractivity contribution < 1.29 is 14.7 Å². The molecule has 0 radical (unpaired) electrons. The van der Waals surface area contributed by atoms with E-state index in [4.69, 9.17) is 0 Å². The van der Waals surface area contributed by atoms with E-state index in [0.29, 0.717) is 5.56 Å². The van der Waals surface area contributed by atoms with Gasteiger partial charge in [0.1, 0.15) is 6.04 Å². The maximum absolute atomic E-state index is 12.9. The van der Waals surface area contributed by atoms with Crippen LogP contribution in [0.4, 0.5) is 0 Å². The standard InChI is InChI=1S/C19H25N3O3/c1-13-15(12-20-22(13)19(2,3)4)17(23)21(5)16(18(24)25)11-14-9-7-6-8-10-14/h6-10,12,16H,11H2,1-5H3,(H,24,25). The van der Waals surface area contributed by atoms with Crippen molar-refractivity contribution in [3.8, 4) is 0 Å². The highest BCUT2D eigenvalue weighted by Gasteiger charge is 2.30. The van der Waals surface area contributed by atoms with Crippen LogP contribution in [0.15, 0.2) is 36.5 Å². The molecule has 0 saturated carbocycles. The normalized spacial score (nSPS) is 12.7. The summed E-state index contributed by atoms with van der Waals surface area (Å²) in [5, 5.41) is 13.9. The fourth-order valence-electron chi connectivity index (χ4n) is 2.85. The smallest absolute Gasteiger partial charge is 0.326 e. The van der Waals surface area contributed by atoms with Gasteiger partial charge >= 0.3 is 5.97 Å². The number of rotatable bonds is 5. The van der Waals surface area contributed by atoms with Crippen LogP contribution in [0.3, 0.4) is 0 Å². The highest BCUT2D eigenvalue weighted by Crippen LogP contribution is 2.20. The lowest BCUT2D eigenvalue weighted by atomic mass is 10.0. The van der Waals surface area contributed by atoms with E-state index >= 15 is 0 Å². The van der Waals surface area contributed by atoms with Gasteiger partial charge in [0, 0.05) is 19.2 Å². The van der Waals surface area contributed by atoms with Gasteiger partial charge in [-0.25, -0.2) is 4.79 Å². The molecule has 1 aromatic carbocycles. The third-order valence-corrected chi connectivity index (χ3v) is 4.22. The number of carboxylic acids is 1. The van der Waals surface area contributed by atoms with Crippen molar-refractivity contribution in [1.29, 1.82) is 0 Å². The van der Waals surface area contributed by atoms with Gasteiger partial charge in [-0.1, -0.05) is 30.3 Å². The quantitative estimate of drug-likeness (QED) is 0.906. The summed E-state index contributed by atoms with van der Waals surface area (Å²) in [6.07, 6.45) is 1.77. The molecule has 6 nitrogen and oxygen atoms in total. The molecule has 1 heterocycles. The van der Waals surface area contributed by atoms with Gasteiger partial charge in [-0.15, -0.1) is 0 Å². The first-order valence-electron chi connectivity index (χ1n) is 8.22. The van der Waals surface area contributed by atoms with Crippen LogP contribution in [-0.2, 0) is 16.8 Å². The average molecular weight is 343 g/mol. The first-order valence-corrected chi connectivity index (χ1v) is 8.22. The Bertz CT molecular complexity index is 760. The zero-order valence-electron chi connectivity index (χ0n) is 15.4. The number of nitrogens with zero attached hydrogens (tertiary/aromatic N) is 3. The topological polar surface area (TPSA) is 75.4 Å². The van der Waals surface area contributed by atoms with E-state index in [1.165, 1.54) is 18.1 Å². The van der Waals surface area contributed by atoms with Crippen LogP contribution in [0.5, 0.6) is 0 Å². The highest BCUT2D eigenvalue weighted by molar-refractivity contribution is 5.97. The van der Waals surface area contributed by atoms with Crippen LogP contribution in [0.1, 0.15) is 42.4 Å². The van der Waals surface area contributed by atoms with Gasteiger partial charge in [0.25, 0.3) is 5.91 Å². The summed E-state index contributed by atoms with van der Waals surface area (Å²) < 4.78 is 1.78. The molecule has 0 saturated heterocycles. The molecular formula is C19H25N3O3. The van der Waals surface area contributed by atoms with Crippen LogP contribution in [0.2, 0.25) is 0 Å². The van der Waals surface area contributed by atoms with Crippen LogP contribution < -0.4 is 0 Å². The third-order valence-electron chi connectivity index (χ3n) is 4.22. The summed E-state index contributed by atoms with van der Waals surface area (Å²) in [5.41, 5.74) is 1.78. The molecule has 1 atom stereocenters. The lowest BCUT2D eigenvalue weighted by Gasteiger charge is -2.25. The number of carboxylic acid groups (broad SMARTS) is 1. The molecular weight excluding hydrogens is 318 g/mol. The van der Waals surface area contributed by atoms with Crippen molar-refractivity contribution in [2.45, 2.75) is 45.7 Å². The van der Waals surface area contributed by atoms with Crippen LogP contribution in [-0.4, -0.2) is 44.8 Å². The number of aliphatic carboxylic acids is 1. The molecule has 1 amide bonds. The zero-order chi connectivity index (χ0) is 18.8. The van der Waals surface area contributed by atoms with Crippen molar-refractivity contribution in [3.63, 3.8) is 0 Å². The Morgan fingerprint density at radius 1 is 1.24 bits per heavy atom. The largest absolute Gasteiger partial charge is 0.480 e. The Hall–Kier alpha value is -2.63. The molecule has 0 fully saturated rings. The van der Waals surface area contributed by atoms with E-state index < -0.39 is 12.0 Å². The molecule has 0 aliphatic carbocycles. The average Bonchev–Trinajstić information content (AvgIpc) is 2.93. The molecule has 25 heavy (non-hydrogen) atoms. The highest BCUT2D eigenvalue weighted by atomic mass is 16.4. The molecule has 6 heteroatoms. The second-order valence-corrected chi connectivity index (χ2v) is 7.19. The fraction of sp³-hybridized carbons (Fsp3) is 0.421. The number of benzene rings is 1. The van der Waals surface area contributed by atoms with E-state index in [-0.39, 0.29) is 17.9 Å². The molecule has 0 aliphatic heterocycles. The van der Waals surface area contributed by atoms with Gasteiger partial charge in [0.05, 0.1) is 17.3 Å². The molecule has 1 aromatic heterocycles. The summed E-state index contributed by atoms with van der Waals surface area (Å²) in [7, 11) is 1.53. The van der Waals surface area contributed by atoms with Crippen molar-refractivity contribution in [2.75, 3.05) is 7.05 Å². The predicted octanol–water partition coefficient (Wildman–Crippen LogP) is 2.71. The molecule has 134 valence electrons. The maximum Gasteiger partial charge on any atom is 0.326 e. The number of carbonyl (C=O) groups excluding carboxylic acids is 1. The lowest BCUT2D eigenvalue weighted by Crippen LogP contribution is -2.44. The minimum absolute atomic E-state index is 0.253. The van der Waals surface area contributed by atoms with E-state index in [0.717, 1.165) is 11.3 Å². The summed E-state index contributed by atoms with van der Waals surface area (Å²) in [6.45, 7) is 7.83. The van der Waals surface area contributed by atoms with Crippen LogP contribution >= 0.6 is 0 Å². The third kappa shape index (κ3) is 4.07. The minimum atomic E-state index is -1.03. The number of carbonyl (C=O) groups is 2. The summed E-state index contributed by atoms with van der Waals surface area (Å²) in [6, 6.07) is 8.36. The monoisotopic (exact) mass is 343 g/mol. The number of aromatic nitrogens is 2. The minimum Gasteiger partial charge on any atom is -0.480 e. The molecule has 1 unspecified atom stereocenters. The fourth-order valence-corrected chi connectivity index (χ4v) is 2.85. The van der Waals surface area contributed by atoms with Gasteiger partial charge < -0.3 is 10.0 Å². The Morgan fingerprint density at radius 2 is 1.84 bits per heavy atom. The molecule has 2 rings (SSSR count). The van der Waals surface area contributed by atoms with Crippen molar-refractivity contribution in [2.24, 2.45) is 0 Å². The summed E-state index contributed by atoms with van der Waals surface area (Å²) >= 11 is 0. The first kappa shape index (κ1) is 18.7. The number of likely N-dealkylation sites (N-methyl/N-ethyl adjacent to an activating group) is 1.